The lowest BCUT2D eigenvalue weighted by Crippen LogP contribution is -2.41. The molecule has 0 aliphatic rings. The van der Waals surface area contributed by atoms with Gasteiger partial charge in [-0.15, -0.1) is 16.1 Å². The Morgan fingerprint density at radius 1 is 1.33 bits per heavy atom. The highest BCUT2D eigenvalue weighted by Gasteiger charge is 2.32. The maximum absolute atomic E-state index is 12.5. The van der Waals surface area contributed by atoms with Gasteiger partial charge in [0.25, 0.3) is 0 Å². The van der Waals surface area contributed by atoms with E-state index in [0.29, 0.717) is 5.02 Å². The molecule has 0 spiro atoms. The first-order valence-corrected chi connectivity index (χ1v) is 8.98. The number of nitrogens with one attached hydrogen (secondary N) is 1. The van der Waals surface area contributed by atoms with E-state index in [1.54, 1.807) is 11.3 Å². The van der Waals surface area contributed by atoms with Crippen LogP contribution in [0.25, 0.3) is 0 Å². The average Bonchev–Trinajstić information content (AvgIpc) is 2.82. The maximum Gasteiger partial charge on any atom is 0.136 e. The molecule has 1 aromatic heterocycles. The van der Waals surface area contributed by atoms with E-state index < -0.39 is 11.4 Å². The zero-order valence-corrected chi connectivity index (χ0v) is 14.9. The Kier molecular flexibility index (Phi) is 5.33. The molecular formula is C15H19ClN2OS2. The van der Waals surface area contributed by atoms with Crippen LogP contribution in [0.1, 0.15) is 42.3 Å². The van der Waals surface area contributed by atoms with Gasteiger partial charge < -0.3 is 4.55 Å². The Morgan fingerprint density at radius 2 is 2.00 bits per heavy atom. The maximum atomic E-state index is 12.5. The summed E-state index contributed by atoms with van der Waals surface area (Å²) >= 11 is 6.71. The first kappa shape index (κ1) is 16.8. The third kappa shape index (κ3) is 4.20. The third-order valence-electron chi connectivity index (χ3n) is 2.92. The second-order valence-corrected chi connectivity index (χ2v) is 9.41. The van der Waals surface area contributed by atoms with E-state index in [1.165, 1.54) is 0 Å². The fraction of sp³-hybridized carbons (Fsp3) is 0.400. The molecule has 114 valence electrons. The van der Waals surface area contributed by atoms with Crippen LogP contribution in [0, 0.1) is 6.92 Å². The van der Waals surface area contributed by atoms with E-state index in [9.17, 15) is 4.55 Å². The summed E-state index contributed by atoms with van der Waals surface area (Å²) in [6.45, 7) is 7.78. The first-order valence-electron chi connectivity index (χ1n) is 6.64. The van der Waals surface area contributed by atoms with Crippen molar-refractivity contribution < 1.29 is 4.55 Å². The van der Waals surface area contributed by atoms with Crippen LogP contribution in [0.15, 0.2) is 30.5 Å². The number of nitrogens with zero attached hydrogens (tertiary/aromatic N) is 1. The van der Waals surface area contributed by atoms with Gasteiger partial charge in [-0.3, -0.25) is 0 Å². The van der Waals surface area contributed by atoms with Gasteiger partial charge in [0.15, 0.2) is 0 Å². The van der Waals surface area contributed by atoms with Crippen molar-refractivity contribution in [2.75, 3.05) is 0 Å². The van der Waals surface area contributed by atoms with Crippen molar-refractivity contribution in [3.05, 3.63) is 50.9 Å². The highest BCUT2D eigenvalue weighted by atomic mass is 35.5. The zero-order valence-electron chi connectivity index (χ0n) is 12.5. The van der Waals surface area contributed by atoms with Crippen molar-refractivity contribution in [2.24, 2.45) is 0 Å². The summed E-state index contributed by atoms with van der Waals surface area (Å²) in [6, 6.07) is 7.41. The Bertz CT molecular complexity index is 610. The predicted molar refractivity (Wildman–Crippen MR) is 91.2 cm³/mol. The van der Waals surface area contributed by atoms with Crippen LogP contribution >= 0.6 is 22.9 Å². The molecule has 1 unspecified atom stereocenters. The second-order valence-electron chi connectivity index (χ2n) is 5.74. The number of rotatable bonds is 4. The summed E-state index contributed by atoms with van der Waals surface area (Å²) in [5.41, 5.74) is 0.917. The van der Waals surface area contributed by atoms with Crippen LogP contribution in [0.5, 0.6) is 0 Å². The standard InChI is InChI=1S/C15H19ClN2OS2/c1-10-17-9-13(20-10)14(18-21(19)15(2,3)4)11-7-5-6-8-12(11)16/h5-9,14,18H,1-4H3/t14?,21-/m1/s1. The summed E-state index contributed by atoms with van der Waals surface area (Å²) < 4.78 is 15.3. The first-order chi connectivity index (χ1) is 9.79. The largest absolute Gasteiger partial charge is 0.598 e. The topological polar surface area (TPSA) is 48.0 Å². The molecule has 0 amide bonds. The van der Waals surface area contributed by atoms with E-state index in [-0.39, 0.29) is 10.8 Å². The van der Waals surface area contributed by atoms with Gasteiger partial charge >= 0.3 is 0 Å². The minimum atomic E-state index is -1.20. The molecule has 21 heavy (non-hydrogen) atoms. The molecular weight excluding hydrogens is 324 g/mol. The highest BCUT2D eigenvalue weighted by molar-refractivity contribution is 7.90. The van der Waals surface area contributed by atoms with Crippen molar-refractivity contribution >= 4 is 34.3 Å². The molecule has 0 aliphatic carbocycles. The van der Waals surface area contributed by atoms with Crippen LogP contribution in [0.2, 0.25) is 5.02 Å². The molecule has 2 aromatic rings. The second kappa shape index (κ2) is 6.67. The molecule has 1 heterocycles. The monoisotopic (exact) mass is 342 g/mol. The van der Waals surface area contributed by atoms with E-state index in [4.69, 9.17) is 11.6 Å². The van der Waals surface area contributed by atoms with Crippen LogP contribution in [0.4, 0.5) is 0 Å². The smallest absolute Gasteiger partial charge is 0.136 e. The Hall–Kier alpha value is -0.590. The van der Waals surface area contributed by atoms with Crippen LogP contribution < -0.4 is 4.72 Å². The summed E-state index contributed by atoms with van der Waals surface area (Å²) in [4.78, 5) is 5.31. The molecule has 1 aromatic carbocycles. The molecule has 0 bridgehead atoms. The summed E-state index contributed by atoms with van der Waals surface area (Å²) in [6.07, 6.45) is 1.82. The number of benzene rings is 1. The van der Waals surface area contributed by atoms with Crippen molar-refractivity contribution in [3.8, 4) is 0 Å². The molecule has 2 rings (SSSR count). The minimum absolute atomic E-state index is 0.218. The van der Waals surface area contributed by atoms with Crippen molar-refractivity contribution in [3.63, 3.8) is 0 Å². The summed E-state index contributed by atoms with van der Waals surface area (Å²) in [7, 11) is 0. The summed E-state index contributed by atoms with van der Waals surface area (Å²) in [5, 5.41) is 1.64. The third-order valence-corrected chi connectivity index (χ3v) is 5.80. The van der Waals surface area contributed by atoms with E-state index in [2.05, 4.69) is 9.71 Å². The van der Waals surface area contributed by atoms with Gasteiger partial charge in [0, 0.05) is 22.6 Å². The van der Waals surface area contributed by atoms with Crippen molar-refractivity contribution in [1.29, 1.82) is 0 Å². The molecule has 0 fully saturated rings. The molecule has 0 saturated carbocycles. The van der Waals surface area contributed by atoms with Crippen molar-refractivity contribution in [1.82, 2.24) is 9.71 Å². The van der Waals surface area contributed by atoms with E-state index >= 15 is 0 Å². The Balaban J connectivity index is 2.38. The normalized spacial score (nSPS) is 15.0. The van der Waals surface area contributed by atoms with Crippen LogP contribution in [-0.4, -0.2) is 14.3 Å². The van der Waals surface area contributed by atoms with Gasteiger partial charge in [0.05, 0.1) is 9.88 Å². The fourth-order valence-corrected chi connectivity index (χ4v) is 3.78. The fourth-order valence-electron chi connectivity index (χ4n) is 1.78. The summed E-state index contributed by atoms with van der Waals surface area (Å²) in [5.74, 6) is 0. The average molecular weight is 343 g/mol. The van der Waals surface area contributed by atoms with E-state index in [1.807, 2.05) is 58.2 Å². The minimum Gasteiger partial charge on any atom is -0.598 e. The number of hydrogen-bond acceptors (Lipinski definition) is 4. The quantitative estimate of drug-likeness (QED) is 0.845. The van der Waals surface area contributed by atoms with Gasteiger partial charge in [-0.05, 0) is 39.3 Å². The molecule has 3 nitrogen and oxygen atoms in total. The lowest BCUT2D eigenvalue weighted by atomic mass is 10.1. The van der Waals surface area contributed by atoms with Crippen LogP contribution in [0.3, 0.4) is 0 Å². The highest BCUT2D eigenvalue weighted by Crippen LogP contribution is 2.33. The molecule has 0 radical (unpaired) electrons. The van der Waals surface area contributed by atoms with Gasteiger partial charge in [-0.2, -0.15) is 0 Å². The van der Waals surface area contributed by atoms with Gasteiger partial charge in [-0.1, -0.05) is 29.8 Å². The Morgan fingerprint density at radius 3 is 2.52 bits per heavy atom. The SMILES string of the molecule is Cc1ncc(C(N[S@+]([O-])C(C)(C)C)c2ccccc2Cl)s1. The number of aryl methyl sites for hydroxylation is 1. The lowest BCUT2D eigenvalue weighted by Gasteiger charge is -2.28. The molecule has 0 saturated heterocycles. The number of thiazole rings is 1. The predicted octanol–water partition coefficient (Wildman–Crippen LogP) is 4.25. The molecule has 0 aliphatic heterocycles. The van der Waals surface area contributed by atoms with Crippen molar-refractivity contribution in [2.45, 2.75) is 38.5 Å². The molecule has 6 heteroatoms. The van der Waals surface area contributed by atoms with Crippen LogP contribution in [-0.2, 0) is 11.4 Å². The number of hydrogen-bond donors (Lipinski definition) is 1. The van der Waals surface area contributed by atoms with Gasteiger partial charge in [0.2, 0.25) is 0 Å². The Labute approximate surface area is 138 Å². The van der Waals surface area contributed by atoms with Gasteiger partial charge in [0.1, 0.15) is 10.8 Å². The number of aromatic nitrogens is 1. The molecule has 1 N–H and O–H groups in total. The van der Waals surface area contributed by atoms with E-state index in [0.717, 1.165) is 15.4 Å². The van der Waals surface area contributed by atoms with Gasteiger partial charge in [-0.25, -0.2) is 4.98 Å². The number of halogens is 1. The molecule has 2 atom stereocenters. The zero-order chi connectivity index (χ0) is 15.6. The lowest BCUT2D eigenvalue weighted by molar-refractivity contribution is 0.536.